The number of aliphatic imine (C=N–C) groups is 1. The van der Waals surface area contributed by atoms with E-state index in [-0.39, 0.29) is 12.5 Å². The molecule has 136 valence electrons. The average molecular weight is 360 g/mol. The fraction of sp³-hybridized carbons (Fsp3) is 0.190. The Labute approximate surface area is 156 Å². The molecule has 1 N–H and O–H groups in total. The van der Waals surface area contributed by atoms with Crippen LogP contribution in [0.5, 0.6) is 5.75 Å². The number of methoxy groups -OCH3 is 1. The fourth-order valence-electron chi connectivity index (χ4n) is 3.23. The zero-order valence-corrected chi connectivity index (χ0v) is 15.3. The summed E-state index contributed by atoms with van der Waals surface area (Å²) >= 11 is 0. The van der Waals surface area contributed by atoms with Gasteiger partial charge in [-0.15, -0.1) is 0 Å². The highest BCUT2D eigenvalue weighted by molar-refractivity contribution is 5.99. The lowest BCUT2D eigenvalue weighted by molar-refractivity contribution is -0.118. The van der Waals surface area contributed by atoms with Crippen LogP contribution >= 0.6 is 0 Å². The lowest BCUT2D eigenvalue weighted by Gasteiger charge is -2.03. The van der Waals surface area contributed by atoms with Crippen molar-refractivity contribution in [1.82, 2.24) is 14.5 Å². The zero-order valence-electron chi connectivity index (χ0n) is 15.3. The molecular formula is C21H20N4O2. The number of carbonyl (C=O) groups is 1. The van der Waals surface area contributed by atoms with Gasteiger partial charge in [-0.05, 0) is 42.8 Å². The summed E-state index contributed by atoms with van der Waals surface area (Å²) in [7, 11) is 1.65. The second-order valence-electron chi connectivity index (χ2n) is 6.29. The van der Waals surface area contributed by atoms with Crippen molar-refractivity contribution in [2.24, 2.45) is 4.99 Å². The number of H-pyrrole nitrogens is 1. The lowest BCUT2D eigenvalue weighted by atomic mass is 10.1. The Bertz CT molecular complexity index is 1120. The first kappa shape index (κ1) is 17.0. The minimum atomic E-state index is -0.172. The summed E-state index contributed by atoms with van der Waals surface area (Å²) in [4.78, 5) is 23.9. The highest BCUT2D eigenvalue weighted by atomic mass is 16.5. The van der Waals surface area contributed by atoms with Crippen molar-refractivity contribution in [2.45, 2.75) is 19.9 Å². The maximum atomic E-state index is 12.2. The number of hydrogen-bond donors (Lipinski definition) is 1. The van der Waals surface area contributed by atoms with Crippen LogP contribution in [0, 0.1) is 0 Å². The van der Waals surface area contributed by atoms with Crippen molar-refractivity contribution in [3.63, 3.8) is 0 Å². The molecule has 3 heterocycles. The van der Waals surface area contributed by atoms with E-state index < -0.39 is 0 Å². The van der Waals surface area contributed by atoms with Crippen LogP contribution in [0.15, 0.2) is 53.8 Å². The van der Waals surface area contributed by atoms with Crippen molar-refractivity contribution in [1.29, 1.82) is 0 Å². The number of carbonyl (C=O) groups excluding carboxylic acids is 1. The van der Waals surface area contributed by atoms with Gasteiger partial charge in [0.15, 0.2) is 0 Å². The van der Waals surface area contributed by atoms with Crippen LogP contribution in [0.4, 0.5) is 0 Å². The number of ether oxygens (including phenoxy) is 1. The first-order valence-corrected chi connectivity index (χ1v) is 8.86. The molecule has 0 bridgehead atoms. The molecule has 0 radical (unpaired) electrons. The summed E-state index contributed by atoms with van der Waals surface area (Å²) in [5.41, 5.74) is 3.73. The van der Waals surface area contributed by atoms with Gasteiger partial charge in [-0.25, -0.2) is 9.98 Å². The molecule has 0 fully saturated rings. The van der Waals surface area contributed by atoms with E-state index in [0.717, 1.165) is 45.4 Å². The van der Waals surface area contributed by atoms with Gasteiger partial charge in [0.25, 0.3) is 5.91 Å². The molecule has 0 saturated carbocycles. The monoisotopic (exact) mass is 360 g/mol. The van der Waals surface area contributed by atoms with Crippen LogP contribution < -0.4 is 4.74 Å². The van der Waals surface area contributed by atoms with Crippen LogP contribution in [-0.4, -0.2) is 33.8 Å². The summed E-state index contributed by atoms with van der Waals surface area (Å²) in [6, 6.07) is 11.9. The lowest BCUT2D eigenvalue weighted by Crippen LogP contribution is -2.06. The molecule has 27 heavy (non-hydrogen) atoms. The van der Waals surface area contributed by atoms with Crippen LogP contribution in [0.2, 0.25) is 0 Å². The number of nitrogens with one attached hydrogen (secondary N) is 1. The topological polar surface area (TPSA) is 72.3 Å². The zero-order chi connectivity index (χ0) is 18.8. The quantitative estimate of drug-likeness (QED) is 0.542. The molecule has 0 aliphatic rings. The first-order valence-electron chi connectivity index (χ1n) is 8.86. The van der Waals surface area contributed by atoms with E-state index in [0.29, 0.717) is 0 Å². The van der Waals surface area contributed by atoms with Crippen molar-refractivity contribution >= 4 is 34.1 Å². The Morgan fingerprint density at radius 1 is 1.33 bits per heavy atom. The highest BCUT2D eigenvalue weighted by Gasteiger charge is 2.15. The van der Waals surface area contributed by atoms with Gasteiger partial charge < -0.3 is 14.3 Å². The summed E-state index contributed by atoms with van der Waals surface area (Å²) in [5.74, 6) is 0.598. The molecule has 6 heteroatoms. The average Bonchev–Trinajstić information content (AvgIpc) is 3.27. The van der Waals surface area contributed by atoms with Gasteiger partial charge in [-0.1, -0.05) is 6.92 Å². The number of rotatable bonds is 5. The van der Waals surface area contributed by atoms with E-state index >= 15 is 0 Å². The molecule has 4 aromatic rings. The standard InChI is InChI=1S/C21H20N4O2/c1-3-8-22-20(26)13-25-12-17(16-11-15(27-2)6-7-19(16)25)18-10-14-5-4-9-23-21(14)24-18/h4-12H,3,13H2,1-2H3,(H,23,24). The van der Waals surface area contributed by atoms with Crippen LogP contribution in [0.25, 0.3) is 33.2 Å². The van der Waals surface area contributed by atoms with Crippen LogP contribution in [0.1, 0.15) is 13.3 Å². The Balaban J connectivity index is 1.85. The van der Waals surface area contributed by atoms with E-state index in [1.807, 2.05) is 48.0 Å². The second kappa shape index (κ2) is 7.07. The van der Waals surface area contributed by atoms with Gasteiger partial charge >= 0.3 is 0 Å². The molecule has 4 rings (SSSR count). The van der Waals surface area contributed by atoms with E-state index in [9.17, 15) is 4.79 Å². The Hall–Kier alpha value is -3.41. The number of amides is 1. The summed E-state index contributed by atoms with van der Waals surface area (Å²) < 4.78 is 7.32. The molecule has 0 atom stereocenters. The summed E-state index contributed by atoms with van der Waals surface area (Å²) in [6.07, 6.45) is 6.12. The van der Waals surface area contributed by atoms with Gasteiger partial charge in [0.2, 0.25) is 0 Å². The molecule has 0 spiro atoms. The largest absolute Gasteiger partial charge is 0.497 e. The predicted octanol–water partition coefficient (Wildman–Crippen LogP) is 4.20. The second-order valence-corrected chi connectivity index (χ2v) is 6.29. The molecule has 6 nitrogen and oxygen atoms in total. The predicted molar refractivity (Wildman–Crippen MR) is 107 cm³/mol. The van der Waals surface area contributed by atoms with Gasteiger partial charge in [-0.2, -0.15) is 0 Å². The van der Waals surface area contributed by atoms with Crippen LogP contribution in [-0.2, 0) is 11.3 Å². The van der Waals surface area contributed by atoms with Gasteiger partial charge in [0.05, 0.1) is 7.11 Å². The van der Waals surface area contributed by atoms with Gasteiger partial charge in [-0.3, -0.25) is 4.79 Å². The minimum Gasteiger partial charge on any atom is -0.497 e. The van der Waals surface area contributed by atoms with Crippen molar-refractivity contribution < 1.29 is 9.53 Å². The number of benzene rings is 1. The maximum absolute atomic E-state index is 12.2. The third-order valence-electron chi connectivity index (χ3n) is 4.49. The molecule has 0 aliphatic carbocycles. The molecule has 3 aromatic heterocycles. The third kappa shape index (κ3) is 3.21. The van der Waals surface area contributed by atoms with Crippen molar-refractivity contribution in [3.8, 4) is 17.0 Å². The van der Waals surface area contributed by atoms with Crippen molar-refractivity contribution in [2.75, 3.05) is 7.11 Å². The maximum Gasteiger partial charge on any atom is 0.265 e. The van der Waals surface area contributed by atoms with Crippen molar-refractivity contribution in [3.05, 3.63) is 48.8 Å². The fourth-order valence-corrected chi connectivity index (χ4v) is 3.23. The van der Waals surface area contributed by atoms with E-state index in [1.165, 1.54) is 0 Å². The Morgan fingerprint density at radius 3 is 3.00 bits per heavy atom. The van der Waals surface area contributed by atoms with Crippen LogP contribution in [0.3, 0.4) is 0 Å². The van der Waals surface area contributed by atoms with E-state index in [2.05, 4.69) is 21.0 Å². The minimum absolute atomic E-state index is 0.172. The number of aromatic nitrogens is 3. The first-order chi connectivity index (χ1) is 13.2. The number of pyridine rings is 1. The number of aromatic amines is 1. The Kier molecular flexibility index (Phi) is 4.46. The molecule has 1 aromatic carbocycles. The molecule has 0 aliphatic heterocycles. The van der Waals surface area contributed by atoms with Gasteiger partial charge in [0, 0.05) is 46.2 Å². The normalized spacial score (nSPS) is 11.6. The van der Waals surface area contributed by atoms with E-state index in [1.54, 1.807) is 19.5 Å². The molecular weight excluding hydrogens is 340 g/mol. The molecule has 1 amide bonds. The van der Waals surface area contributed by atoms with Gasteiger partial charge in [0.1, 0.15) is 17.9 Å². The summed E-state index contributed by atoms with van der Waals surface area (Å²) in [6.45, 7) is 2.15. The number of nitrogens with zero attached hydrogens (tertiary/aromatic N) is 3. The third-order valence-corrected chi connectivity index (χ3v) is 4.49. The summed E-state index contributed by atoms with van der Waals surface area (Å²) in [5, 5.41) is 2.05. The Morgan fingerprint density at radius 2 is 2.22 bits per heavy atom. The molecule has 0 saturated heterocycles. The smallest absolute Gasteiger partial charge is 0.265 e. The number of fused-ring (bicyclic) bond motifs is 2. The number of hydrogen-bond acceptors (Lipinski definition) is 3. The SMILES string of the molecule is CCC=NC(=O)Cn1cc(-c2cc3cccnc3[nH]2)c2cc(OC)ccc21. The highest BCUT2D eigenvalue weighted by Crippen LogP contribution is 2.34. The van der Waals surface area contributed by atoms with E-state index in [4.69, 9.17) is 4.74 Å². The molecule has 0 unspecified atom stereocenters.